The minimum absolute atomic E-state index is 0.102. The van der Waals surface area contributed by atoms with E-state index in [-0.39, 0.29) is 27.9 Å². The van der Waals surface area contributed by atoms with Gasteiger partial charge in [0.05, 0.1) is 28.0 Å². The van der Waals surface area contributed by atoms with Crippen LogP contribution in [-0.2, 0) is 18.0 Å². The van der Waals surface area contributed by atoms with E-state index in [1.54, 1.807) is 0 Å². The largest absolute Gasteiger partial charge is 0.419 e. The summed E-state index contributed by atoms with van der Waals surface area (Å²) in [6.07, 6.45) is 0.216. The average Bonchev–Trinajstić information content (AvgIpc) is 3.30. The first-order valence-electron chi connectivity index (χ1n) is 12.1. The molecule has 3 aromatic rings. The van der Waals surface area contributed by atoms with Gasteiger partial charge in [-0.2, -0.15) is 18.3 Å². The van der Waals surface area contributed by atoms with E-state index in [0.717, 1.165) is 43.0 Å². The molecule has 0 bridgehead atoms. The van der Waals surface area contributed by atoms with Gasteiger partial charge in [0, 0.05) is 44.6 Å². The number of aromatic nitrogens is 3. The van der Waals surface area contributed by atoms with Crippen LogP contribution in [0.2, 0.25) is 0 Å². The standard InChI is InChI=1S/C25H27F4N5O3/c1-15(16-5-3-6-19(21(16)26)25(27,28)29)30-22-18-14-34(20(35)13-17(18)23(36)32(2)31-22)33-10-8-24(9-11-33)7-4-12-37-24/h3,5-6,13-15H,4,7-12H2,1-2H3,(H,30,31)/t15-/m1/s1. The van der Waals surface area contributed by atoms with Crippen LogP contribution >= 0.6 is 0 Å². The third-order valence-corrected chi connectivity index (χ3v) is 7.36. The number of aryl methyl sites for hydroxylation is 1. The van der Waals surface area contributed by atoms with E-state index in [0.29, 0.717) is 24.5 Å². The summed E-state index contributed by atoms with van der Waals surface area (Å²) in [4.78, 5) is 25.7. The number of halogens is 4. The van der Waals surface area contributed by atoms with E-state index < -0.39 is 29.2 Å². The third-order valence-electron chi connectivity index (χ3n) is 7.36. The molecule has 2 aliphatic rings. The first-order chi connectivity index (χ1) is 17.5. The smallest absolute Gasteiger partial charge is 0.375 e. The number of ether oxygens (including phenoxy) is 1. The summed E-state index contributed by atoms with van der Waals surface area (Å²) < 4.78 is 62.9. The van der Waals surface area contributed by atoms with Crippen molar-refractivity contribution < 1.29 is 22.3 Å². The van der Waals surface area contributed by atoms with Crippen molar-refractivity contribution in [2.75, 3.05) is 30.0 Å². The SMILES string of the molecule is C[C@@H](Nc1nn(C)c(=O)c2cc(=O)n(N3CCC4(CCCO4)CC3)cc12)c1cccc(C(F)(F)F)c1F. The lowest BCUT2D eigenvalue weighted by atomic mass is 9.89. The second-order valence-corrected chi connectivity index (χ2v) is 9.72. The molecule has 37 heavy (non-hydrogen) atoms. The Balaban J connectivity index is 1.51. The number of hydrogen-bond donors (Lipinski definition) is 1. The molecule has 1 spiro atoms. The minimum Gasteiger partial charge on any atom is -0.375 e. The number of nitrogens with one attached hydrogen (secondary N) is 1. The van der Waals surface area contributed by atoms with Crippen molar-refractivity contribution in [1.29, 1.82) is 0 Å². The molecule has 1 N–H and O–H groups in total. The highest BCUT2D eigenvalue weighted by Crippen LogP contribution is 2.36. The lowest BCUT2D eigenvalue weighted by molar-refractivity contribution is -0.140. The zero-order chi connectivity index (χ0) is 26.5. The maximum atomic E-state index is 14.8. The number of nitrogens with zero attached hydrogens (tertiary/aromatic N) is 4. The van der Waals surface area contributed by atoms with Crippen molar-refractivity contribution in [3.8, 4) is 0 Å². The van der Waals surface area contributed by atoms with Crippen LogP contribution in [0, 0.1) is 5.82 Å². The molecule has 0 amide bonds. The average molecular weight is 522 g/mol. The van der Waals surface area contributed by atoms with E-state index in [9.17, 15) is 27.2 Å². The van der Waals surface area contributed by atoms with Gasteiger partial charge in [-0.3, -0.25) is 9.59 Å². The van der Waals surface area contributed by atoms with Gasteiger partial charge in [-0.1, -0.05) is 12.1 Å². The van der Waals surface area contributed by atoms with Crippen LogP contribution in [0.15, 0.2) is 40.1 Å². The van der Waals surface area contributed by atoms with Crippen LogP contribution in [0.5, 0.6) is 0 Å². The Morgan fingerprint density at radius 1 is 1.14 bits per heavy atom. The van der Waals surface area contributed by atoms with E-state index >= 15 is 0 Å². The topological polar surface area (TPSA) is 81.4 Å². The molecule has 4 heterocycles. The van der Waals surface area contributed by atoms with Gasteiger partial charge in [-0.15, -0.1) is 0 Å². The number of alkyl halides is 3. The summed E-state index contributed by atoms with van der Waals surface area (Å²) in [7, 11) is 1.40. The zero-order valence-corrected chi connectivity index (χ0v) is 20.4. The lowest BCUT2D eigenvalue weighted by Gasteiger charge is -2.40. The molecule has 0 unspecified atom stereocenters. The van der Waals surface area contributed by atoms with Crippen molar-refractivity contribution in [2.24, 2.45) is 7.05 Å². The molecule has 5 rings (SSSR count). The fraction of sp³-hybridized carbons (Fsp3) is 0.480. The predicted octanol–water partition coefficient (Wildman–Crippen LogP) is 3.71. The summed E-state index contributed by atoms with van der Waals surface area (Å²) in [6.45, 7) is 3.40. The molecule has 198 valence electrons. The van der Waals surface area contributed by atoms with Crippen LogP contribution in [-0.4, -0.2) is 39.8 Å². The number of pyridine rings is 1. The molecule has 2 fully saturated rings. The van der Waals surface area contributed by atoms with Crippen molar-refractivity contribution in [1.82, 2.24) is 14.5 Å². The van der Waals surface area contributed by atoms with Gasteiger partial charge in [0.1, 0.15) is 5.82 Å². The Hall–Kier alpha value is -3.41. The van der Waals surface area contributed by atoms with Crippen molar-refractivity contribution in [3.63, 3.8) is 0 Å². The Bertz CT molecular complexity index is 1450. The molecule has 2 aliphatic heterocycles. The Kier molecular flexibility index (Phi) is 6.25. The predicted molar refractivity (Wildman–Crippen MR) is 130 cm³/mol. The first-order valence-corrected chi connectivity index (χ1v) is 12.1. The van der Waals surface area contributed by atoms with Gasteiger partial charge in [0.15, 0.2) is 5.82 Å². The Labute approximate surface area is 209 Å². The highest BCUT2D eigenvalue weighted by molar-refractivity contribution is 5.90. The molecule has 8 nitrogen and oxygen atoms in total. The van der Waals surface area contributed by atoms with Crippen LogP contribution in [0.25, 0.3) is 10.8 Å². The second kappa shape index (κ2) is 9.16. The third kappa shape index (κ3) is 4.58. The number of hydrogen-bond acceptors (Lipinski definition) is 6. The molecular formula is C25H27F4N5O3. The number of fused-ring (bicyclic) bond motifs is 1. The van der Waals surface area contributed by atoms with Crippen molar-refractivity contribution in [2.45, 2.75) is 50.4 Å². The summed E-state index contributed by atoms with van der Waals surface area (Å²) in [5, 5.41) is 9.47. The molecule has 1 aromatic carbocycles. The van der Waals surface area contributed by atoms with Crippen LogP contribution < -0.4 is 21.4 Å². The van der Waals surface area contributed by atoms with Gasteiger partial charge in [0.2, 0.25) is 0 Å². The molecule has 12 heteroatoms. The maximum absolute atomic E-state index is 14.8. The fourth-order valence-corrected chi connectivity index (χ4v) is 5.29. The van der Waals surface area contributed by atoms with Crippen molar-refractivity contribution >= 4 is 16.6 Å². The summed E-state index contributed by atoms with van der Waals surface area (Å²) in [5.41, 5.74) is -2.60. The lowest BCUT2D eigenvalue weighted by Crippen LogP contribution is -2.51. The highest BCUT2D eigenvalue weighted by atomic mass is 19.4. The molecule has 2 aromatic heterocycles. The van der Waals surface area contributed by atoms with Gasteiger partial charge in [-0.25, -0.2) is 13.7 Å². The summed E-state index contributed by atoms with van der Waals surface area (Å²) in [5.74, 6) is -1.24. The number of piperidine rings is 1. The number of anilines is 1. The molecule has 0 radical (unpaired) electrons. The molecule has 0 aliphatic carbocycles. The van der Waals surface area contributed by atoms with Crippen LogP contribution in [0.4, 0.5) is 23.4 Å². The maximum Gasteiger partial charge on any atom is 0.419 e. The van der Waals surface area contributed by atoms with Crippen LogP contribution in [0.3, 0.4) is 0 Å². The van der Waals surface area contributed by atoms with E-state index in [4.69, 9.17) is 4.74 Å². The molecular weight excluding hydrogens is 494 g/mol. The van der Waals surface area contributed by atoms with Gasteiger partial charge < -0.3 is 15.1 Å². The number of benzene rings is 1. The van der Waals surface area contributed by atoms with Gasteiger partial charge >= 0.3 is 6.18 Å². The normalized spacial score (nSPS) is 18.5. The van der Waals surface area contributed by atoms with Gasteiger partial charge in [-0.05, 0) is 38.7 Å². The number of rotatable bonds is 4. The zero-order valence-electron chi connectivity index (χ0n) is 20.4. The monoisotopic (exact) mass is 521 g/mol. The van der Waals surface area contributed by atoms with E-state index in [1.807, 2.05) is 5.01 Å². The van der Waals surface area contributed by atoms with E-state index in [1.165, 1.54) is 37.0 Å². The van der Waals surface area contributed by atoms with E-state index in [2.05, 4.69) is 10.4 Å². The first kappa shape index (κ1) is 25.2. The molecule has 0 saturated carbocycles. The quantitative estimate of drug-likeness (QED) is 0.528. The molecule has 1 atom stereocenters. The van der Waals surface area contributed by atoms with Gasteiger partial charge in [0.25, 0.3) is 11.1 Å². The second-order valence-electron chi connectivity index (χ2n) is 9.72. The Morgan fingerprint density at radius 3 is 2.51 bits per heavy atom. The van der Waals surface area contributed by atoms with Crippen molar-refractivity contribution in [3.05, 3.63) is 68.1 Å². The fourth-order valence-electron chi connectivity index (χ4n) is 5.29. The minimum atomic E-state index is -4.84. The Morgan fingerprint density at radius 2 is 1.86 bits per heavy atom. The highest BCUT2D eigenvalue weighted by Gasteiger charge is 2.39. The summed E-state index contributed by atoms with van der Waals surface area (Å²) in [6, 6.07) is 3.39. The van der Waals surface area contributed by atoms with Crippen LogP contribution in [0.1, 0.15) is 49.8 Å². The molecule has 2 saturated heterocycles. The summed E-state index contributed by atoms with van der Waals surface area (Å²) >= 11 is 0.